The predicted octanol–water partition coefficient (Wildman–Crippen LogP) is 10.1. The van der Waals surface area contributed by atoms with E-state index in [1.807, 2.05) is 24.3 Å². The van der Waals surface area contributed by atoms with Crippen LogP contribution in [0.4, 0.5) is 0 Å². The van der Waals surface area contributed by atoms with Crippen LogP contribution in [-0.2, 0) is 0 Å². The molecule has 0 unspecified atom stereocenters. The summed E-state index contributed by atoms with van der Waals surface area (Å²) in [4.78, 5) is 14.6. The summed E-state index contributed by atoms with van der Waals surface area (Å²) in [5.74, 6) is 0. The maximum absolute atomic E-state index is 5.13. The molecule has 0 amide bonds. The second kappa shape index (κ2) is 8.92. The number of nitrogens with zero attached hydrogens (tertiary/aromatic N) is 3. The van der Waals surface area contributed by atoms with Crippen LogP contribution in [0, 0.1) is 0 Å². The standard InChI is InChI=1S/C39H23N3/c1-2-23-40-34(6-1)35-22-18-30-14-13-29-17-21-33(41-38(29)39(30)42-35)25-9-7-24(8-10-25)31-19-15-28-12-11-26-4-3-5-27-16-20-32(31)37(28)36(26)27/h1-23H. The summed E-state index contributed by atoms with van der Waals surface area (Å²) in [6.07, 6.45) is 1.80. The Bertz CT molecular complexity index is 2430. The summed E-state index contributed by atoms with van der Waals surface area (Å²) < 4.78 is 0. The third-order valence-electron chi connectivity index (χ3n) is 8.47. The molecular formula is C39H23N3. The van der Waals surface area contributed by atoms with Gasteiger partial charge in [0.05, 0.1) is 28.1 Å². The third-order valence-corrected chi connectivity index (χ3v) is 8.47. The van der Waals surface area contributed by atoms with Crippen molar-refractivity contribution in [3.63, 3.8) is 0 Å². The Morgan fingerprint density at radius 2 is 0.952 bits per heavy atom. The SMILES string of the molecule is c1ccc(-c2ccc3ccc4ccc(-c5ccc(-c6ccc7ccc8cccc9ccc6c7c89)cc5)nc4c3n2)nc1. The maximum atomic E-state index is 5.13. The molecule has 0 atom stereocenters. The van der Waals surface area contributed by atoms with Gasteiger partial charge in [-0.3, -0.25) is 4.98 Å². The molecular weight excluding hydrogens is 510 g/mol. The van der Waals surface area contributed by atoms with Crippen molar-refractivity contribution in [3.05, 3.63) is 140 Å². The van der Waals surface area contributed by atoms with Gasteiger partial charge in [-0.2, -0.15) is 0 Å². The highest BCUT2D eigenvalue weighted by atomic mass is 14.8. The van der Waals surface area contributed by atoms with Gasteiger partial charge in [0, 0.05) is 22.5 Å². The maximum Gasteiger partial charge on any atom is 0.0973 e. The molecule has 0 aliphatic rings. The Morgan fingerprint density at radius 1 is 0.357 bits per heavy atom. The van der Waals surface area contributed by atoms with Crippen LogP contribution in [0.2, 0.25) is 0 Å². The lowest BCUT2D eigenvalue weighted by atomic mass is 9.89. The molecule has 9 aromatic rings. The van der Waals surface area contributed by atoms with Crippen molar-refractivity contribution >= 4 is 54.1 Å². The molecule has 42 heavy (non-hydrogen) atoms. The Hall–Kier alpha value is -5.67. The minimum atomic E-state index is 0.848. The third kappa shape index (κ3) is 3.50. The second-order valence-electron chi connectivity index (χ2n) is 10.9. The second-order valence-corrected chi connectivity index (χ2v) is 10.9. The molecule has 9 rings (SSSR count). The highest BCUT2D eigenvalue weighted by Crippen LogP contribution is 2.39. The van der Waals surface area contributed by atoms with Gasteiger partial charge in [0.1, 0.15) is 0 Å². The van der Waals surface area contributed by atoms with Crippen molar-refractivity contribution in [2.75, 3.05) is 0 Å². The Morgan fingerprint density at radius 3 is 1.69 bits per heavy atom. The van der Waals surface area contributed by atoms with Gasteiger partial charge in [-0.25, -0.2) is 9.97 Å². The molecule has 0 saturated heterocycles. The number of rotatable bonds is 3. The van der Waals surface area contributed by atoms with Crippen molar-refractivity contribution < 1.29 is 0 Å². The summed E-state index contributed by atoms with van der Waals surface area (Å²) in [5, 5.41) is 9.96. The summed E-state index contributed by atoms with van der Waals surface area (Å²) in [6.45, 7) is 0. The summed E-state index contributed by atoms with van der Waals surface area (Å²) in [5.41, 5.74) is 7.95. The van der Waals surface area contributed by atoms with E-state index in [-0.39, 0.29) is 0 Å². The molecule has 3 nitrogen and oxygen atoms in total. The normalized spacial score (nSPS) is 11.8. The fourth-order valence-corrected chi connectivity index (χ4v) is 6.39. The van der Waals surface area contributed by atoms with Gasteiger partial charge >= 0.3 is 0 Å². The van der Waals surface area contributed by atoms with E-state index in [1.54, 1.807) is 6.20 Å². The van der Waals surface area contributed by atoms with Crippen LogP contribution in [0.1, 0.15) is 0 Å². The lowest BCUT2D eigenvalue weighted by Crippen LogP contribution is -1.92. The van der Waals surface area contributed by atoms with Crippen LogP contribution < -0.4 is 0 Å². The quantitative estimate of drug-likeness (QED) is 0.212. The van der Waals surface area contributed by atoms with Crippen LogP contribution in [-0.4, -0.2) is 15.0 Å². The minimum Gasteiger partial charge on any atom is -0.255 e. The molecule has 0 saturated carbocycles. The van der Waals surface area contributed by atoms with Crippen molar-refractivity contribution in [2.24, 2.45) is 0 Å². The molecule has 3 aromatic heterocycles. The highest BCUT2D eigenvalue weighted by molar-refractivity contribution is 6.25. The van der Waals surface area contributed by atoms with E-state index in [4.69, 9.17) is 9.97 Å². The average Bonchev–Trinajstić information content (AvgIpc) is 3.07. The monoisotopic (exact) mass is 533 g/mol. The zero-order chi connectivity index (χ0) is 27.6. The molecule has 0 spiro atoms. The summed E-state index contributed by atoms with van der Waals surface area (Å²) in [6, 6.07) is 47.3. The smallest absolute Gasteiger partial charge is 0.0973 e. The summed E-state index contributed by atoms with van der Waals surface area (Å²) in [7, 11) is 0. The first kappa shape index (κ1) is 23.1. The lowest BCUT2D eigenvalue weighted by Gasteiger charge is -2.14. The molecule has 194 valence electrons. The van der Waals surface area contributed by atoms with Crippen LogP contribution in [0.5, 0.6) is 0 Å². The minimum absolute atomic E-state index is 0.848. The molecule has 0 radical (unpaired) electrons. The Balaban J connectivity index is 1.15. The number of hydrogen-bond acceptors (Lipinski definition) is 3. The first-order valence-electron chi connectivity index (χ1n) is 14.2. The van der Waals surface area contributed by atoms with E-state index >= 15 is 0 Å². The van der Waals surface area contributed by atoms with E-state index in [9.17, 15) is 0 Å². The number of fused-ring (bicyclic) bond motifs is 3. The van der Waals surface area contributed by atoms with Crippen molar-refractivity contribution in [3.8, 4) is 33.8 Å². The molecule has 0 aliphatic carbocycles. The number of benzene rings is 6. The van der Waals surface area contributed by atoms with E-state index in [1.165, 1.54) is 43.4 Å². The van der Waals surface area contributed by atoms with Crippen LogP contribution >= 0.6 is 0 Å². The first-order valence-corrected chi connectivity index (χ1v) is 14.2. The molecule has 0 aliphatic heterocycles. The Labute approximate surface area is 242 Å². The van der Waals surface area contributed by atoms with Gasteiger partial charge in [-0.05, 0) is 67.7 Å². The van der Waals surface area contributed by atoms with Gasteiger partial charge in [-0.1, -0.05) is 109 Å². The zero-order valence-electron chi connectivity index (χ0n) is 22.6. The largest absolute Gasteiger partial charge is 0.255 e. The van der Waals surface area contributed by atoms with Gasteiger partial charge < -0.3 is 0 Å². The Kier molecular flexibility index (Phi) is 4.90. The zero-order valence-corrected chi connectivity index (χ0v) is 22.6. The fourth-order valence-electron chi connectivity index (χ4n) is 6.39. The van der Waals surface area contributed by atoms with E-state index in [2.05, 4.69) is 114 Å². The van der Waals surface area contributed by atoms with Crippen LogP contribution in [0.15, 0.2) is 140 Å². The number of aromatic nitrogens is 3. The van der Waals surface area contributed by atoms with Crippen molar-refractivity contribution in [2.45, 2.75) is 0 Å². The van der Waals surface area contributed by atoms with E-state index in [0.717, 1.165) is 44.5 Å². The van der Waals surface area contributed by atoms with E-state index in [0.29, 0.717) is 0 Å². The fraction of sp³-hybridized carbons (Fsp3) is 0. The molecule has 0 bridgehead atoms. The topological polar surface area (TPSA) is 38.7 Å². The van der Waals surface area contributed by atoms with Crippen molar-refractivity contribution in [1.82, 2.24) is 15.0 Å². The first-order chi connectivity index (χ1) is 20.8. The number of hydrogen-bond donors (Lipinski definition) is 0. The van der Waals surface area contributed by atoms with Crippen LogP contribution in [0.25, 0.3) is 87.9 Å². The number of pyridine rings is 3. The lowest BCUT2D eigenvalue weighted by molar-refractivity contribution is 1.27. The van der Waals surface area contributed by atoms with Gasteiger partial charge in [0.15, 0.2) is 0 Å². The molecule has 3 heteroatoms. The molecule has 0 fully saturated rings. The predicted molar refractivity (Wildman–Crippen MR) is 175 cm³/mol. The van der Waals surface area contributed by atoms with Gasteiger partial charge in [-0.15, -0.1) is 0 Å². The van der Waals surface area contributed by atoms with Gasteiger partial charge in [0.2, 0.25) is 0 Å². The van der Waals surface area contributed by atoms with E-state index < -0.39 is 0 Å². The molecule has 6 aromatic carbocycles. The van der Waals surface area contributed by atoms with Crippen LogP contribution in [0.3, 0.4) is 0 Å². The van der Waals surface area contributed by atoms with Gasteiger partial charge in [0.25, 0.3) is 0 Å². The summed E-state index contributed by atoms with van der Waals surface area (Å²) >= 11 is 0. The molecule has 0 N–H and O–H groups in total. The molecule has 3 heterocycles. The highest BCUT2D eigenvalue weighted by Gasteiger charge is 2.13. The average molecular weight is 534 g/mol. The van der Waals surface area contributed by atoms with Crippen molar-refractivity contribution in [1.29, 1.82) is 0 Å².